The number of nitrogens with zero attached hydrogens (tertiary/aromatic N) is 1. The number of sulfonamides is 1. The van der Waals surface area contributed by atoms with E-state index in [1.807, 2.05) is 49.4 Å². The SMILES string of the molecule is CCOc1ccc(C[NH+]2CCN(S(=O)(=O)c3ccc4ccccc4c3)CC2)cc1. The number of ether oxygens (including phenoxy) is 1. The van der Waals surface area contributed by atoms with Gasteiger partial charge in [0.15, 0.2) is 0 Å². The van der Waals surface area contributed by atoms with Gasteiger partial charge in [0, 0.05) is 5.56 Å². The molecule has 0 bridgehead atoms. The Bertz CT molecular complexity index is 1070. The number of nitrogens with one attached hydrogen (secondary N) is 1. The second kappa shape index (κ2) is 8.53. The quantitative estimate of drug-likeness (QED) is 0.677. The van der Waals surface area contributed by atoms with Gasteiger partial charge < -0.3 is 9.64 Å². The maximum absolute atomic E-state index is 13.1. The molecule has 0 amide bonds. The van der Waals surface area contributed by atoms with Gasteiger partial charge in [0.05, 0.1) is 37.7 Å². The molecular weight excluding hydrogens is 384 g/mol. The van der Waals surface area contributed by atoms with Gasteiger partial charge in [0.1, 0.15) is 12.3 Å². The number of piperazine rings is 1. The van der Waals surface area contributed by atoms with Crippen LogP contribution in [0.1, 0.15) is 12.5 Å². The highest BCUT2D eigenvalue weighted by atomic mass is 32.2. The van der Waals surface area contributed by atoms with E-state index in [4.69, 9.17) is 4.74 Å². The molecule has 0 atom stereocenters. The molecule has 5 nitrogen and oxygen atoms in total. The fraction of sp³-hybridized carbons (Fsp3) is 0.304. The Balaban J connectivity index is 1.40. The first-order chi connectivity index (χ1) is 14.1. The van der Waals surface area contributed by atoms with Gasteiger partial charge in [-0.3, -0.25) is 0 Å². The monoisotopic (exact) mass is 411 g/mol. The van der Waals surface area contributed by atoms with Gasteiger partial charge in [-0.2, -0.15) is 4.31 Å². The van der Waals surface area contributed by atoms with Crippen LogP contribution in [0.15, 0.2) is 71.6 Å². The van der Waals surface area contributed by atoms with Crippen molar-refractivity contribution in [2.45, 2.75) is 18.4 Å². The first-order valence-electron chi connectivity index (χ1n) is 10.1. The van der Waals surface area contributed by atoms with Gasteiger partial charge in [-0.25, -0.2) is 8.42 Å². The maximum atomic E-state index is 13.1. The first kappa shape index (κ1) is 19.9. The number of quaternary nitrogens is 1. The van der Waals surface area contributed by atoms with Crippen molar-refractivity contribution < 1.29 is 18.1 Å². The highest BCUT2D eigenvalue weighted by Crippen LogP contribution is 2.22. The minimum absolute atomic E-state index is 0.381. The van der Waals surface area contributed by atoms with Crippen LogP contribution in [0.2, 0.25) is 0 Å². The fourth-order valence-electron chi connectivity index (χ4n) is 3.86. The molecule has 1 N–H and O–H groups in total. The second-order valence-corrected chi connectivity index (χ2v) is 9.35. The molecular formula is C23H27N2O3S+. The number of hydrogen-bond acceptors (Lipinski definition) is 3. The lowest BCUT2D eigenvalue weighted by Gasteiger charge is -2.31. The molecule has 0 aromatic heterocycles. The lowest BCUT2D eigenvalue weighted by atomic mass is 10.1. The zero-order valence-corrected chi connectivity index (χ0v) is 17.5. The zero-order chi connectivity index (χ0) is 20.3. The summed E-state index contributed by atoms with van der Waals surface area (Å²) in [6, 6.07) is 21.4. The summed E-state index contributed by atoms with van der Waals surface area (Å²) in [5.74, 6) is 0.887. The summed E-state index contributed by atoms with van der Waals surface area (Å²) in [5, 5.41) is 2.00. The molecule has 1 fully saturated rings. The molecule has 29 heavy (non-hydrogen) atoms. The van der Waals surface area contributed by atoms with E-state index in [0.717, 1.165) is 36.2 Å². The minimum atomic E-state index is -3.46. The van der Waals surface area contributed by atoms with Crippen LogP contribution < -0.4 is 9.64 Å². The molecule has 3 aromatic rings. The van der Waals surface area contributed by atoms with Gasteiger partial charge in [-0.05, 0) is 54.1 Å². The molecule has 1 aliphatic rings. The lowest BCUT2D eigenvalue weighted by molar-refractivity contribution is -0.917. The summed E-state index contributed by atoms with van der Waals surface area (Å²) < 4.78 is 33.3. The lowest BCUT2D eigenvalue weighted by Crippen LogP contribution is -3.13. The van der Waals surface area contributed by atoms with Gasteiger partial charge >= 0.3 is 0 Å². The van der Waals surface area contributed by atoms with E-state index in [-0.39, 0.29) is 0 Å². The molecule has 0 radical (unpaired) electrons. The third kappa shape index (κ3) is 4.45. The normalized spacial score (nSPS) is 16.2. The molecule has 0 unspecified atom stereocenters. The van der Waals surface area contributed by atoms with E-state index in [2.05, 4.69) is 12.1 Å². The van der Waals surface area contributed by atoms with E-state index >= 15 is 0 Å². The summed E-state index contributed by atoms with van der Waals surface area (Å²) in [5.41, 5.74) is 1.24. The smallest absolute Gasteiger partial charge is 0.243 e. The van der Waals surface area contributed by atoms with Gasteiger partial charge in [-0.1, -0.05) is 30.3 Å². The van der Waals surface area contributed by atoms with Gasteiger partial charge in [0.25, 0.3) is 0 Å². The van der Waals surface area contributed by atoms with Crippen LogP contribution in [0.25, 0.3) is 10.8 Å². The Kier molecular flexibility index (Phi) is 5.85. The largest absolute Gasteiger partial charge is 0.494 e. The van der Waals surface area contributed by atoms with Crippen LogP contribution in [-0.4, -0.2) is 45.5 Å². The fourth-order valence-corrected chi connectivity index (χ4v) is 5.33. The van der Waals surface area contributed by atoms with E-state index in [9.17, 15) is 8.42 Å². The Morgan fingerprint density at radius 1 is 0.931 bits per heavy atom. The second-order valence-electron chi connectivity index (χ2n) is 7.42. The van der Waals surface area contributed by atoms with E-state index in [0.29, 0.717) is 24.6 Å². The predicted octanol–water partition coefficient (Wildman–Crippen LogP) is 2.33. The minimum Gasteiger partial charge on any atom is -0.494 e. The first-order valence-corrected chi connectivity index (χ1v) is 11.5. The highest BCUT2D eigenvalue weighted by molar-refractivity contribution is 7.89. The van der Waals surface area contributed by atoms with Crippen molar-refractivity contribution in [3.05, 3.63) is 72.3 Å². The van der Waals surface area contributed by atoms with Crippen LogP contribution in [-0.2, 0) is 16.6 Å². The van der Waals surface area contributed by atoms with Crippen molar-refractivity contribution in [1.82, 2.24) is 4.31 Å². The third-order valence-electron chi connectivity index (χ3n) is 5.48. The van der Waals surface area contributed by atoms with Crippen molar-refractivity contribution in [3.8, 4) is 5.75 Å². The maximum Gasteiger partial charge on any atom is 0.243 e. The molecule has 0 spiro atoms. The van der Waals surface area contributed by atoms with Crippen LogP contribution in [0.4, 0.5) is 0 Å². The van der Waals surface area contributed by atoms with Crippen molar-refractivity contribution in [2.24, 2.45) is 0 Å². The average Bonchev–Trinajstić information content (AvgIpc) is 2.75. The Labute approximate surface area is 172 Å². The summed E-state index contributed by atoms with van der Waals surface area (Å²) in [7, 11) is -3.46. The van der Waals surface area contributed by atoms with Crippen LogP contribution in [0.3, 0.4) is 0 Å². The topological polar surface area (TPSA) is 51.1 Å². The van der Waals surface area contributed by atoms with Gasteiger partial charge in [0.2, 0.25) is 10.0 Å². The summed E-state index contributed by atoms with van der Waals surface area (Å²) in [6.45, 7) is 6.24. The number of fused-ring (bicyclic) bond motifs is 1. The summed E-state index contributed by atoms with van der Waals surface area (Å²) in [6.07, 6.45) is 0. The molecule has 0 saturated carbocycles. The summed E-state index contributed by atoms with van der Waals surface area (Å²) in [4.78, 5) is 1.78. The molecule has 4 rings (SSSR count). The van der Waals surface area contributed by atoms with Gasteiger partial charge in [-0.15, -0.1) is 0 Å². The third-order valence-corrected chi connectivity index (χ3v) is 7.37. The van der Waals surface area contributed by atoms with Crippen LogP contribution in [0, 0.1) is 0 Å². The van der Waals surface area contributed by atoms with Crippen molar-refractivity contribution >= 4 is 20.8 Å². The Morgan fingerprint density at radius 3 is 2.31 bits per heavy atom. The molecule has 0 aliphatic carbocycles. The Hall–Kier alpha value is -2.41. The molecule has 1 heterocycles. The van der Waals surface area contributed by atoms with Crippen LogP contribution in [0.5, 0.6) is 5.75 Å². The number of benzene rings is 3. The molecule has 3 aromatic carbocycles. The molecule has 152 valence electrons. The van der Waals surface area contributed by atoms with Crippen molar-refractivity contribution in [1.29, 1.82) is 0 Å². The van der Waals surface area contributed by atoms with E-state index < -0.39 is 10.0 Å². The summed E-state index contributed by atoms with van der Waals surface area (Å²) >= 11 is 0. The predicted molar refractivity (Wildman–Crippen MR) is 115 cm³/mol. The number of hydrogen-bond donors (Lipinski definition) is 1. The van der Waals surface area contributed by atoms with E-state index in [1.54, 1.807) is 16.4 Å². The van der Waals surface area contributed by atoms with Crippen molar-refractivity contribution in [2.75, 3.05) is 32.8 Å². The Morgan fingerprint density at radius 2 is 1.62 bits per heavy atom. The molecule has 1 saturated heterocycles. The van der Waals surface area contributed by atoms with Crippen LogP contribution >= 0.6 is 0 Å². The van der Waals surface area contributed by atoms with Crippen molar-refractivity contribution in [3.63, 3.8) is 0 Å². The molecule has 1 aliphatic heterocycles. The van der Waals surface area contributed by atoms with E-state index in [1.165, 1.54) is 10.5 Å². The average molecular weight is 412 g/mol. The number of rotatable bonds is 6. The molecule has 6 heteroatoms. The highest BCUT2D eigenvalue weighted by Gasteiger charge is 2.30. The standard InChI is InChI=1S/C23H26N2O3S/c1-2-28-22-10-7-19(8-11-22)18-24-13-15-25(16-14-24)29(26,27)23-12-9-20-5-3-4-6-21(20)17-23/h3-12,17H,2,13-16,18H2,1H3/p+1. The zero-order valence-electron chi connectivity index (χ0n) is 16.7.